The molecule has 0 aliphatic heterocycles. The van der Waals surface area contributed by atoms with E-state index >= 15 is 0 Å². The van der Waals surface area contributed by atoms with Crippen LogP contribution in [0.2, 0.25) is 0 Å². The first-order valence-corrected chi connectivity index (χ1v) is 9.23. The summed E-state index contributed by atoms with van der Waals surface area (Å²) >= 11 is 0. The van der Waals surface area contributed by atoms with Gasteiger partial charge in [0.05, 0.1) is 34.9 Å². The quantitative estimate of drug-likeness (QED) is 0.349. The molecule has 3 aromatic rings. The number of carbonyl (C=O) groups is 2. The van der Waals surface area contributed by atoms with Gasteiger partial charge in [-0.2, -0.15) is 0 Å². The molecule has 0 aliphatic rings. The third kappa shape index (κ3) is 4.35. The number of esters is 2. The largest absolute Gasteiger partial charge is 0.462 e. The summed E-state index contributed by atoms with van der Waals surface area (Å²) in [5.74, 6) is -1.12. The van der Waals surface area contributed by atoms with Crippen LogP contribution in [-0.4, -0.2) is 35.1 Å². The number of nitrogens with zero attached hydrogens (tertiary/aromatic N) is 2. The van der Waals surface area contributed by atoms with Crippen molar-refractivity contribution >= 4 is 39.9 Å². The zero-order valence-electron chi connectivity index (χ0n) is 16.4. The number of rotatable bonds is 7. The van der Waals surface area contributed by atoms with Gasteiger partial charge in [-0.05, 0) is 38.1 Å². The maximum Gasteiger partial charge on any atom is 0.341 e. The van der Waals surface area contributed by atoms with Crippen LogP contribution in [-0.2, 0) is 9.47 Å². The normalized spacial score (nSPS) is 10.5. The minimum absolute atomic E-state index is 0.108. The summed E-state index contributed by atoms with van der Waals surface area (Å²) < 4.78 is 10.2. The number of ether oxygens (including phenoxy) is 2. The summed E-state index contributed by atoms with van der Waals surface area (Å²) in [6.07, 6.45) is 1.37. The van der Waals surface area contributed by atoms with Crippen molar-refractivity contribution in [1.29, 1.82) is 0 Å². The molecule has 2 aromatic carbocycles. The Morgan fingerprint density at radius 1 is 1.07 bits per heavy atom. The van der Waals surface area contributed by atoms with Crippen LogP contribution in [0.4, 0.5) is 17.1 Å². The molecule has 0 aliphatic carbocycles. The molecule has 0 saturated heterocycles. The maximum absolute atomic E-state index is 12.5. The Morgan fingerprint density at radius 2 is 1.80 bits per heavy atom. The molecule has 0 atom stereocenters. The predicted octanol–water partition coefficient (Wildman–Crippen LogP) is 4.24. The van der Waals surface area contributed by atoms with Crippen molar-refractivity contribution in [3.05, 3.63) is 69.9 Å². The van der Waals surface area contributed by atoms with Crippen molar-refractivity contribution in [2.75, 3.05) is 18.5 Å². The van der Waals surface area contributed by atoms with E-state index in [9.17, 15) is 19.7 Å². The second-order valence-corrected chi connectivity index (χ2v) is 6.15. The van der Waals surface area contributed by atoms with E-state index in [0.29, 0.717) is 22.3 Å². The molecule has 0 radical (unpaired) electrons. The van der Waals surface area contributed by atoms with Crippen molar-refractivity contribution in [3.8, 4) is 0 Å². The number of pyridine rings is 1. The zero-order valence-corrected chi connectivity index (χ0v) is 16.4. The number of hydrogen-bond acceptors (Lipinski definition) is 8. The molecule has 0 amide bonds. The summed E-state index contributed by atoms with van der Waals surface area (Å²) in [7, 11) is 0. The fraction of sp³-hybridized carbons (Fsp3) is 0.190. The molecule has 1 N–H and O–H groups in total. The van der Waals surface area contributed by atoms with Crippen LogP contribution < -0.4 is 5.32 Å². The summed E-state index contributed by atoms with van der Waals surface area (Å²) in [6.45, 7) is 3.76. The molecular formula is C21H19N3O6. The third-order valence-corrected chi connectivity index (χ3v) is 4.20. The van der Waals surface area contributed by atoms with Gasteiger partial charge in [-0.25, -0.2) is 9.59 Å². The fourth-order valence-corrected chi connectivity index (χ4v) is 2.87. The average molecular weight is 409 g/mol. The molecule has 0 spiro atoms. The van der Waals surface area contributed by atoms with Gasteiger partial charge in [0.25, 0.3) is 5.69 Å². The van der Waals surface area contributed by atoms with Crippen molar-refractivity contribution in [1.82, 2.24) is 4.98 Å². The van der Waals surface area contributed by atoms with E-state index in [4.69, 9.17) is 9.47 Å². The maximum atomic E-state index is 12.5. The van der Waals surface area contributed by atoms with E-state index in [2.05, 4.69) is 10.3 Å². The van der Waals surface area contributed by atoms with Gasteiger partial charge in [-0.3, -0.25) is 15.1 Å². The standard InChI is InChI=1S/C21H19N3O6/c1-3-29-20(25)13-8-9-18-16(10-13)19(17(12-22-18)21(26)30-4-2)23-14-6-5-7-15(11-14)24(27)28/h5-12H,3-4H2,1-2H3,(H,22,23). The van der Waals surface area contributed by atoms with Crippen LogP contribution in [0, 0.1) is 10.1 Å². The lowest BCUT2D eigenvalue weighted by Crippen LogP contribution is -2.10. The van der Waals surface area contributed by atoms with Gasteiger partial charge in [-0.15, -0.1) is 0 Å². The molecule has 154 valence electrons. The van der Waals surface area contributed by atoms with Gasteiger partial charge in [0, 0.05) is 29.4 Å². The lowest BCUT2D eigenvalue weighted by atomic mass is 10.1. The van der Waals surface area contributed by atoms with Crippen molar-refractivity contribution in [3.63, 3.8) is 0 Å². The van der Waals surface area contributed by atoms with E-state index in [1.54, 1.807) is 38.1 Å². The fourth-order valence-electron chi connectivity index (χ4n) is 2.87. The number of aromatic nitrogens is 1. The van der Waals surface area contributed by atoms with Crippen molar-refractivity contribution < 1.29 is 24.0 Å². The molecule has 9 nitrogen and oxygen atoms in total. The molecular weight excluding hydrogens is 390 g/mol. The molecule has 1 heterocycles. The third-order valence-electron chi connectivity index (χ3n) is 4.20. The Kier molecular flexibility index (Phi) is 6.21. The lowest BCUT2D eigenvalue weighted by molar-refractivity contribution is -0.384. The number of nitro groups is 1. The second kappa shape index (κ2) is 8.99. The van der Waals surface area contributed by atoms with Crippen molar-refractivity contribution in [2.45, 2.75) is 13.8 Å². The number of nitrogens with one attached hydrogen (secondary N) is 1. The highest BCUT2D eigenvalue weighted by molar-refractivity contribution is 6.07. The molecule has 0 bridgehead atoms. The Hall–Kier alpha value is -4.01. The number of anilines is 2. The van der Waals surface area contributed by atoms with Gasteiger partial charge in [-0.1, -0.05) is 6.07 Å². The monoisotopic (exact) mass is 409 g/mol. The number of benzene rings is 2. The summed E-state index contributed by atoms with van der Waals surface area (Å²) in [5.41, 5.74) is 1.55. The lowest BCUT2D eigenvalue weighted by Gasteiger charge is -2.15. The molecule has 0 fully saturated rings. The van der Waals surface area contributed by atoms with E-state index in [1.165, 1.54) is 24.4 Å². The van der Waals surface area contributed by atoms with Gasteiger partial charge in [0.15, 0.2) is 0 Å². The van der Waals surface area contributed by atoms with E-state index in [1.807, 2.05) is 0 Å². The highest BCUT2D eigenvalue weighted by Gasteiger charge is 2.19. The Balaban J connectivity index is 2.17. The first-order valence-electron chi connectivity index (χ1n) is 9.23. The summed E-state index contributed by atoms with van der Waals surface area (Å²) in [6, 6.07) is 10.6. The Morgan fingerprint density at radius 3 is 2.50 bits per heavy atom. The zero-order chi connectivity index (χ0) is 21.7. The number of carbonyl (C=O) groups excluding carboxylic acids is 2. The highest BCUT2D eigenvalue weighted by atomic mass is 16.6. The number of hydrogen-bond donors (Lipinski definition) is 1. The minimum atomic E-state index is -0.610. The molecule has 0 unspecified atom stereocenters. The molecule has 9 heteroatoms. The topological polar surface area (TPSA) is 121 Å². The molecule has 3 rings (SSSR count). The van der Waals surface area contributed by atoms with Gasteiger partial charge in [0.1, 0.15) is 5.56 Å². The highest BCUT2D eigenvalue weighted by Crippen LogP contribution is 2.31. The van der Waals surface area contributed by atoms with Crippen molar-refractivity contribution in [2.24, 2.45) is 0 Å². The van der Waals surface area contributed by atoms with E-state index in [-0.39, 0.29) is 30.0 Å². The molecule has 30 heavy (non-hydrogen) atoms. The second-order valence-electron chi connectivity index (χ2n) is 6.15. The van der Waals surface area contributed by atoms with Crippen LogP contribution in [0.5, 0.6) is 0 Å². The number of non-ortho nitro benzene ring substituents is 1. The summed E-state index contributed by atoms with van der Waals surface area (Å²) in [5, 5.41) is 14.6. The molecule has 0 saturated carbocycles. The van der Waals surface area contributed by atoms with Gasteiger partial charge in [0.2, 0.25) is 0 Å². The van der Waals surface area contributed by atoms with Gasteiger partial charge >= 0.3 is 11.9 Å². The smallest absolute Gasteiger partial charge is 0.341 e. The van der Waals surface area contributed by atoms with E-state index < -0.39 is 16.9 Å². The first kappa shape index (κ1) is 20.7. The van der Waals surface area contributed by atoms with E-state index in [0.717, 1.165) is 0 Å². The van der Waals surface area contributed by atoms with Crippen LogP contribution in [0.15, 0.2) is 48.7 Å². The van der Waals surface area contributed by atoms with Crippen LogP contribution >= 0.6 is 0 Å². The van der Waals surface area contributed by atoms with Crippen LogP contribution in [0.1, 0.15) is 34.6 Å². The summed E-state index contributed by atoms with van der Waals surface area (Å²) in [4.78, 5) is 39.5. The molecule has 1 aromatic heterocycles. The SMILES string of the molecule is CCOC(=O)c1ccc2ncc(C(=O)OCC)c(Nc3cccc([N+](=O)[O-])c3)c2c1. The number of nitro benzene ring substituents is 1. The van der Waals surface area contributed by atoms with Gasteiger partial charge < -0.3 is 14.8 Å². The minimum Gasteiger partial charge on any atom is -0.462 e. The first-order chi connectivity index (χ1) is 14.4. The average Bonchev–Trinajstić information content (AvgIpc) is 2.74. The van der Waals surface area contributed by atoms with Crippen LogP contribution in [0.25, 0.3) is 10.9 Å². The van der Waals surface area contributed by atoms with Crippen LogP contribution in [0.3, 0.4) is 0 Å². The predicted molar refractivity (Wildman–Crippen MR) is 110 cm³/mol. The Labute approximate surface area is 171 Å². The number of fused-ring (bicyclic) bond motifs is 1. The Bertz CT molecular complexity index is 1120.